The molecule has 22 heavy (non-hydrogen) atoms. The number of benzene rings is 1. The topological polar surface area (TPSA) is 40.6 Å². The molecule has 0 N–H and O–H groups in total. The normalized spacial score (nSPS) is 22.8. The first-order chi connectivity index (χ1) is 10.6. The Morgan fingerprint density at radius 2 is 1.68 bits per heavy atom. The molecule has 2 saturated heterocycles. The molecule has 0 bridgehead atoms. The number of anilines is 1. The minimum absolute atomic E-state index is 0.0236. The maximum atomic E-state index is 12.7. The summed E-state index contributed by atoms with van der Waals surface area (Å²) in [6.45, 7) is 2.16. The number of halogens is 1. The maximum absolute atomic E-state index is 12.7. The molecule has 0 saturated carbocycles. The Kier molecular flexibility index (Phi) is 4.67. The lowest BCUT2D eigenvalue weighted by Crippen LogP contribution is -2.38. The van der Waals surface area contributed by atoms with Crippen LogP contribution in [0.15, 0.2) is 24.3 Å². The predicted octanol–water partition coefficient (Wildman–Crippen LogP) is 3.10. The third kappa shape index (κ3) is 3.27. The van der Waals surface area contributed by atoms with Gasteiger partial charge in [0.2, 0.25) is 11.8 Å². The molecule has 0 aliphatic carbocycles. The van der Waals surface area contributed by atoms with Gasteiger partial charge in [-0.15, -0.1) is 0 Å². The summed E-state index contributed by atoms with van der Waals surface area (Å²) in [5, 5.41) is 0.646. The highest BCUT2D eigenvalue weighted by Crippen LogP contribution is 2.28. The van der Waals surface area contributed by atoms with E-state index in [-0.39, 0.29) is 17.7 Å². The molecule has 2 amide bonds. The van der Waals surface area contributed by atoms with E-state index in [1.807, 2.05) is 17.0 Å². The fraction of sp³-hybridized carbons (Fsp3) is 0.529. The molecule has 3 rings (SSSR count). The van der Waals surface area contributed by atoms with Crippen molar-refractivity contribution in [2.45, 2.75) is 32.1 Å². The summed E-state index contributed by atoms with van der Waals surface area (Å²) in [5.41, 5.74) is 0.820. The second kappa shape index (κ2) is 6.69. The summed E-state index contributed by atoms with van der Waals surface area (Å²) >= 11 is 5.89. The van der Waals surface area contributed by atoms with Crippen LogP contribution in [-0.4, -0.2) is 36.3 Å². The van der Waals surface area contributed by atoms with Gasteiger partial charge in [-0.05, 0) is 37.1 Å². The molecule has 1 atom stereocenters. The van der Waals surface area contributed by atoms with E-state index >= 15 is 0 Å². The van der Waals surface area contributed by atoms with E-state index in [0.29, 0.717) is 18.0 Å². The fourth-order valence-corrected chi connectivity index (χ4v) is 3.42. The van der Waals surface area contributed by atoms with Crippen LogP contribution in [0.3, 0.4) is 0 Å². The van der Waals surface area contributed by atoms with Crippen molar-refractivity contribution >= 4 is 29.1 Å². The average molecular weight is 321 g/mol. The monoisotopic (exact) mass is 320 g/mol. The number of carbonyl (C=O) groups excluding carboxylic acids is 2. The van der Waals surface area contributed by atoms with Crippen LogP contribution in [0, 0.1) is 5.92 Å². The highest BCUT2D eigenvalue weighted by Gasteiger charge is 2.37. The lowest BCUT2D eigenvalue weighted by molar-refractivity contribution is -0.135. The zero-order chi connectivity index (χ0) is 15.5. The van der Waals surface area contributed by atoms with Crippen LogP contribution < -0.4 is 4.90 Å². The number of hydrogen-bond donors (Lipinski definition) is 0. The van der Waals surface area contributed by atoms with Gasteiger partial charge in [0.15, 0.2) is 0 Å². The summed E-state index contributed by atoms with van der Waals surface area (Å²) in [6.07, 6.45) is 4.87. The first-order valence-electron chi connectivity index (χ1n) is 8.00. The highest BCUT2D eigenvalue weighted by molar-refractivity contribution is 6.30. The fourth-order valence-electron chi connectivity index (χ4n) is 3.29. The molecule has 1 aromatic carbocycles. The lowest BCUT2D eigenvalue weighted by Gasteiger charge is -2.24. The zero-order valence-corrected chi connectivity index (χ0v) is 13.4. The van der Waals surface area contributed by atoms with Crippen LogP contribution in [-0.2, 0) is 9.59 Å². The number of rotatable bonds is 2. The SMILES string of the molecule is O=C([C@H]1CC(=O)N(c2ccc(Cl)cc2)C1)N1CCCCCC1. The molecular formula is C17H21ClN2O2. The summed E-state index contributed by atoms with van der Waals surface area (Å²) in [5.74, 6) is -0.0384. The van der Waals surface area contributed by atoms with Crippen molar-refractivity contribution in [3.8, 4) is 0 Å². The van der Waals surface area contributed by atoms with Crippen LogP contribution in [0.2, 0.25) is 5.02 Å². The largest absolute Gasteiger partial charge is 0.342 e. The molecule has 0 radical (unpaired) electrons. The Morgan fingerprint density at radius 1 is 1.05 bits per heavy atom. The highest BCUT2D eigenvalue weighted by atomic mass is 35.5. The number of likely N-dealkylation sites (tertiary alicyclic amines) is 1. The molecule has 0 spiro atoms. The van der Waals surface area contributed by atoms with Crippen LogP contribution in [0.25, 0.3) is 0 Å². The molecule has 118 valence electrons. The number of carbonyl (C=O) groups is 2. The van der Waals surface area contributed by atoms with Crippen molar-refractivity contribution in [2.75, 3.05) is 24.5 Å². The van der Waals surface area contributed by atoms with Crippen LogP contribution in [0.5, 0.6) is 0 Å². The van der Waals surface area contributed by atoms with Gasteiger partial charge in [-0.3, -0.25) is 9.59 Å². The van der Waals surface area contributed by atoms with Gasteiger partial charge in [0.1, 0.15) is 0 Å². The standard InChI is InChI=1S/C17H21ClN2O2/c18-14-5-7-15(8-6-14)20-12-13(11-16(20)21)17(22)19-9-3-1-2-4-10-19/h5-8,13H,1-4,9-12H2/t13-/m0/s1. The summed E-state index contributed by atoms with van der Waals surface area (Å²) in [7, 11) is 0. The summed E-state index contributed by atoms with van der Waals surface area (Å²) in [4.78, 5) is 28.6. The minimum atomic E-state index is -0.207. The summed E-state index contributed by atoms with van der Waals surface area (Å²) < 4.78 is 0. The Morgan fingerprint density at radius 3 is 2.32 bits per heavy atom. The molecule has 2 aliphatic heterocycles. The van der Waals surface area contributed by atoms with Crippen molar-refractivity contribution in [2.24, 2.45) is 5.92 Å². The van der Waals surface area contributed by atoms with Gasteiger partial charge in [-0.2, -0.15) is 0 Å². The van der Waals surface area contributed by atoms with E-state index in [9.17, 15) is 9.59 Å². The van der Waals surface area contributed by atoms with E-state index in [1.165, 1.54) is 12.8 Å². The maximum Gasteiger partial charge on any atom is 0.228 e. The Bertz CT molecular complexity index is 550. The van der Waals surface area contributed by atoms with Gasteiger partial charge < -0.3 is 9.80 Å². The Balaban J connectivity index is 1.68. The third-order valence-electron chi connectivity index (χ3n) is 4.53. The van der Waals surface area contributed by atoms with Crippen LogP contribution >= 0.6 is 11.6 Å². The first kappa shape index (κ1) is 15.3. The van der Waals surface area contributed by atoms with Gasteiger partial charge in [0.25, 0.3) is 0 Å². The molecule has 4 nitrogen and oxygen atoms in total. The predicted molar refractivity (Wildman–Crippen MR) is 87.0 cm³/mol. The molecule has 0 unspecified atom stereocenters. The van der Waals surface area contributed by atoms with E-state index in [0.717, 1.165) is 31.6 Å². The van der Waals surface area contributed by atoms with Crippen molar-refractivity contribution in [1.29, 1.82) is 0 Å². The molecule has 2 fully saturated rings. The van der Waals surface area contributed by atoms with Crippen molar-refractivity contribution < 1.29 is 9.59 Å². The summed E-state index contributed by atoms with van der Waals surface area (Å²) in [6, 6.07) is 7.21. The average Bonchev–Trinajstić information content (AvgIpc) is 2.74. The first-order valence-corrected chi connectivity index (χ1v) is 8.37. The van der Waals surface area contributed by atoms with E-state index in [1.54, 1.807) is 17.0 Å². The molecular weight excluding hydrogens is 300 g/mol. The van der Waals surface area contributed by atoms with Gasteiger partial charge in [0, 0.05) is 36.8 Å². The van der Waals surface area contributed by atoms with Gasteiger partial charge in [0.05, 0.1) is 5.92 Å². The van der Waals surface area contributed by atoms with Crippen LogP contribution in [0.4, 0.5) is 5.69 Å². The van der Waals surface area contributed by atoms with Crippen molar-refractivity contribution in [1.82, 2.24) is 4.90 Å². The number of amides is 2. The molecule has 5 heteroatoms. The van der Waals surface area contributed by atoms with Gasteiger partial charge >= 0.3 is 0 Å². The molecule has 2 heterocycles. The lowest BCUT2D eigenvalue weighted by atomic mass is 10.1. The van der Waals surface area contributed by atoms with Crippen LogP contribution in [0.1, 0.15) is 32.1 Å². The second-order valence-electron chi connectivity index (χ2n) is 6.12. The van der Waals surface area contributed by atoms with E-state index in [4.69, 9.17) is 11.6 Å². The third-order valence-corrected chi connectivity index (χ3v) is 4.78. The Labute approximate surface area is 136 Å². The van der Waals surface area contributed by atoms with E-state index in [2.05, 4.69) is 0 Å². The second-order valence-corrected chi connectivity index (χ2v) is 6.56. The van der Waals surface area contributed by atoms with Gasteiger partial charge in [-0.25, -0.2) is 0 Å². The molecule has 0 aromatic heterocycles. The molecule has 1 aromatic rings. The van der Waals surface area contributed by atoms with Gasteiger partial charge in [-0.1, -0.05) is 24.4 Å². The minimum Gasteiger partial charge on any atom is -0.342 e. The molecule has 2 aliphatic rings. The number of nitrogens with zero attached hydrogens (tertiary/aromatic N) is 2. The smallest absolute Gasteiger partial charge is 0.228 e. The quantitative estimate of drug-likeness (QED) is 0.840. The zero-order valence-electron chi connectivity index (χ0n) is 12.6. The Hall–Kier alpha value is -1.55. The van der Waals surface area contributed by atoms with Crippen molar-refractivity contribution in [3.05, 3.63) is 29.3 Å². The van der Waals surface area contributed by atoms with Crippen molar-refractivity contribution in [3.63, 3.8) is 0 Å². The van der Waals surface area contributed by atoms with E-state index < -0.39 is 0 Å². The number of hydrogen-bond acceptors (Lipinski definition) is 2.